The van der Waals surface area contributed by atoms with E-state index < -0.39 is 5.82 Å². The van der Waals surface area contributed by atoms with E-state index in [2.05, 4.69) is 40.9 Å². The Morgan fingerprint density at radius 2 is 2.02 bits per heavy atom. The minimum atomic E-state index is -0.512. The van der Waals surface area contributed by atoms with E-state index in [1.807, 2.05) is 11.0 Å². The number of carbonyl (C=O) groups is 1. The fraction of sp³-hybridized carbons (Fsp3) is 0.500. The Morgan fingerprint density at radius 3 is 2.71 bits per heavy atom. The maximum absolute atomic E-state index is 17.4. The summed E-state index contributed by atoms with van der Waals surface area (Å²) in [6.07, 6.45) is 5.33. The summed E-state index contributed by atoms with van der Waals surface area (Å²) in [5.41, 5.74) is 3.56. The molecule has 2 aromatic carbocycles. The van der Waals surface area contributed by atoms with E-state index in [9.17, 15) is 10.1 Å². The zero-order chi connectivity index (χ0) is 34.1. The van der Waals surface area contributed by atoms with Crippen LogP contribution in [-0.4, -0.2) is 70.1 Å². The van der Waals surface area contributed by atoms with Crippen molar-refractivity contribution in [3.63, 3.8) is 0 Å². The number of nitrogens with one attached hydrogen (secondary N) is 1. The van der Waals surface area contributed by atoms with Crippen LogP contribution in [0.4, 0.5) is 4.39 Å². The van der Waals surface area contributed by atoms with Crippen LogP contribution in [0.25, 0.3) is 32.9 Å². The van der Waals surface area contributed by atoms with Gasteiger partial charge in [-0.25, -0.2) is 9.37 Å². The molecule has 0 radical (unpaired) electrons. The number of hydrogen-bond acceptors (Lipinski definition) is 6. The largest absolute Gasteiger partial charge is 0.472 e. The van der Waals surface area contributed by atoms with E-state index in [1.165, 1.54) is 0 Å². The topological polar surface area (TPSA) is 86.4 Å². The lowest BCUT2D eigenvalue weighted by atomic mass is 9.79. The summed E-state index contributed by atoms with van der Waals surface area (Å²) in [4.78, 5) is 22.3. The van der Waals surface area contributed by atoms with Crippen molar-refractivity contribution in [2.75, 3.05) is 26.7 Å². The third-order valence-corrected chi connectivity index (χ3v) is 12.4. The highest BCUT2D eigenvalue weighted by molar-refractivity contribution is 6.43. The van der Waals surface area contributed by atoms with E-state index >= 15 is 4.39 Å². The second-order valence-electron chi connectivity index (χ2n) is 14.4. The molecule has 2 bridgehead atoms. The number of nitriles is 1. The molecule has 1 N–H and O–H groups in total. The van der Waals surface area contributed by atoms with Crippen LogP contribution in [-0.2, 0) is 11.2 Å². The number of likely N-dealkylation sites (tertiary alicyclic amines) is 2. The van der Waals surface area contributed by atoms with Crippen molar-refractivity contribution in [3.05, 3.63) is 57.5 Å². The van der Waals surface area contributed by atoms with Gasteiger partial charge in [-0.05, 0) is 88.7 Å². The number of hydrogen-bond donors (Lipinski definition) is 1. The average molecular weight is 704 g/mol. The second kappa shape index (κ2) is 12.7. The third-order valence-electron chi connectivity index (χ3n) is 11.6. The lowest BCUT2D eigenvalue weighted by Crippen LogP contribution is -2.40. The number of rotatable bonds is 8. The molecule has 1 aliphatic carbocycles. The first-order chi connectivity index (χ1) is 23.7. The van der Waals surface area contributed by atoms with Gasteiger partial charge in [-0.15, -0.1) is 0 Å². The van der Waals surface area contributed by atoms with Crippen molar-refractivity contribution >= 4 is 50.9 Å². The van der Waals surface area contributed by atoms with Gasteiger partial charge in [-0.1, -0.05) is 35.3 Å². The maximum atomic E-state index is 17.4. The Hall–Kier alpha value is -3.42. The highest BCUT2D eigenvalue weighted by atomic mass is 35.5. The standard InChI is InChI=1S/C38H41Cl2FN6O2/c1-20(29-11-6-14-45(29)3)49-38-26-18-31(30-12-7-15-46(30)21(2)48)47(36-23-17-28(36)43-19-23)37(26)25-16-22(8-5-13-42)32(34(41)35(25)44-38)24-9-4-10-27(39)33(24)40/h4,9-10,16,18,20,23,28-30,36,43H,5-8,11-12,14-15,17,19H2,1-3H3/t20?,23-,28-,29?,30?,36+/m1/s1. The van der Waals surface area contributed by atoms with Crippen molar-refractivity contribution in [2.45, 2.75) is 89.1 Å². The third kappa shape index (κ3) is 5.29. The molecule has 1 saturated carbocycles. The van der Waals surface area contributed by atoms with Crippen molar-refractivity contribution in [3.8, 4) is 23.1 Å². The molecule has 49 heavy (non-hydrogen) atoms. The van der Waals surface area contributed by atoms with Crippen LogP contribution in [0.15, 0.2) is 30.3 Å². The average Bonchev–Trinajstić information content (AvgIpc) is 3.91. The molecule has 5 fully saturated rings. The molecule has 3 unspecified atom stereocenters. The molecule has 0 spiro atoms. The lowest BCUT2D eigenvalue weighted by molar-refractivity contribution is -0.129. The smallest absolute Gasteiger partial charge is 0.223 e. The van der Waals surface area contributed by atoms with E-state index in [1.54, 1.807) is 25.1 Å². The molecule has 6 atom stereocenters. The van der Waals surface area contributed by atoms with Crippen molar-refractivity contribution in [1.29, 1.82) is 5.26 Å². The summed E-state index contributed by atoms with van der Waals surface area (Å²) in [6, 6.07) is 12.2. The van der Waals surface area contributed by atoms with Crippen LogP contribution in [0.5, 0.6) is 5.88 Å². The SMILES string of the molecule is CC(=O)N1CCCC1c1cc2c(OC(C)C3CCCN3C)nc3c(F)c(-c4cccc(Cl)c4Cl)c(CCC#N)cc3c2n1[C@H]1[C@H]2CN[C@@H]1C2. The van der Waals surface area contributed by atoms with Gasteiger partial charge in [0, 0.05) is 60.7 Å². The van der Waals surface area contributed by atoms with Gasteiger partial charge in [0.25, 0.3) is 0 Å². The van der Waals surface area contributed by atoms with Gasteiger partial charge >= 0.3 is 0 Å². The number of amides is 1. The number of fused-ring (bicyclic) bond motifs is 4. The van der Waals surface area contributed by atoms with Crippen LogP contribution < -0.4 is 10.1 Å². The monoisotopic (exact) mass is 702 g/mol. The molecule has 1 amide bonds. The van der Waals surface area contributed by atoms with Crippen molar-refractivity contribution < 1.29 is 13.9 Å². The van der Waals surface area contributed by atoms with E-state index in [-0.39, 0.29) is 53.1 Å². The van der Waals surface area contributed by atoms with Crippen LogP contribution in [0.2, 0.25) is 10.0 Å². The molecule has 4 saturated heterocycles. The van der Waals surface area contributed by atoms with Gasteiger partial charge in [0.1, 0.15) is 11.6 Å². The number of likely N-dealkylation sites (N-methyl/N-ethyl adjacent to an activating group) is 1. The predicted octanol–water partition coefficient (Wildman–Crippen LogP) is 7.84. The molecule has 4 aromatic rings. The quantitative estimate of drug-likeness (QED) is 0.201. The Labute approximate surface area is 296 Å². The Bertz CT molecular complexity index is 2010. The van der Waals surface area contributed by atoms with Crippen molar-refractivity contribution in [1.82, 2.24) is 24.7 Å². The highest BCUT2D eigenvalue weighted by Gasteiger charge is 2.50. The lowest BCUT2D eigenvalue weighted by Gasteiger charge is -2.39. The second-order valence-corrected chi connectivity index (χ2v) is 15.2. The summed E-state index contributed by atoms with van der Waals surface area (Å²) in [5.74, 6) is 0.369. The summed E-state index contributed by atoms with van der Waals surface area (Å²) in [5, 5.41) is 15.4. The van der Waals surface area contributed by atoms with Crippen molar-refractivity contribution in [2.24, 2.45) is 5.92 Å². The molecule has 256 valence electrons. The number of aromatic nitrogens is 2. The molecule has 2 aromatic heterocycles. The van der Waals surface area contributed by atoms with E-state index in [0.29, 0.717) is 51.9 Å². The summed E-state index contributed by atoms with van der Waals surface area (Å²) < 4.78 is 26.7. The van der Waals surface area contributed by atoms with Crippen LogP contribution in [0, 0.1) is 23.1 Å². The van der Waals surface area contributed by atoms with Crippen LogP contribution in [0.1, 0.15) is 75.7 Å². The Morgan fingerprint density at radius 1 is 1.20 bits per heavy atom. The molecule has 9 rings (SSSR count). The zero-order valence-corrected chi connectivity index (χ0v) is 29.6. The van der Waals surface area contributed by atoms with Gasteiger partial charge in [0.05, 0.1) is 39.1 Å². The van der Waals surface area contributed by atoms with Gasteiger partial charge in [-0.2, -0.15) is 5.26 Å². The molecule has 8 nitrogen and oxygen atoms in total. The van der Waals surface area contributed by atoms with E-state index in [0.717, 1.165) is 61.8 Å². The number of benzene rings is 2. The molecule has 6 heterocycles. The Kier molecular flexibility index (Phi) is 8.51. The molecular formula is C38H41Cl2FN6O2. The number of pyridine rings is 1. The molecular weight excluding hydrogens is 662 g/mol. The zero-order valence-electron chi connectivity index (χ0n) is 28.1. The number of carbonyl (C=O) groups excluding carboxylic acids is 1. The Balaban J connectivity index is 1.44. The van der Waals surface area contributed by atoms with Gasteiger partial charge < -0.3 is 19.5 Å². The summed E-state index contributed by atoms with van der Waals surface area (Å²) in [7, 11) is 2.12. The first kappa shape index (κ1) is 32.8. The fourth-order valence-corrected chi connectivity index (χ4v) is 9.64. The molecule has 5 aliphatic rings. The highest BCUT2D eigenvalue weighted by Crippen LogP contribution is 2.51. The van der Waals surface area contributed by atoms with Gasteiger partial charge in [0.15, 0.2) is 5.82 Å². The predicted molar refractivity (Wildman–Crippen MR) is 191 cm³/mol. The number of ether oxygens (including phenoxy) is 1. The fourth-order valence-electron chi connectivity index (χ4n) is 9.24. The summed E-state index contributed by atoms with van der Waals surface area (Å²) in [6.45, 7) is 6.35. The minimum Gasteiger partial charge on any atom is -0.472 e. The first-order valence-corrected chi connectivity index (χ1v) is 18.3. The van der Waals surface area contributed by atoms with Crippen LogP contribution >= 0.6 is 23.2 Å². The number of nitrogens with zero attached hydrogens (tertiary/aromatic N) is 5. The minimum absolute atomic E-state index is 0.0549. The number of halogens is 3. The van der Waals surface area contributed by atoms with Gasteiger partial charge in [0.2, 0.25) is 11.8 Å². The maximum Gasteiger partial charge on any atom is 0.223 e. The van der Waals surface area contributed by atoms with Crippen LogP contribution in [0.3, 0.4) is 0 Å². The van der Waals surface area contributed by atoms with E-state index in [4.69, 9.17) is 32.9 Å². The number of aryl methyl sites for hydroxylation is 1. The molecule has 11 heteroatoms. The summed E-state index contributed by atoms with van der Waals surface area (Å²) >= 11 is 13.2. The normalized spacial score (nSPS) is 25.7. The first-order valence-electron chi connectivity index (χ1n) is 17.6. The van der Waals surface area contributed by atoms with Gasteiger partial charge in [-0.3, -0.25) is 9.69 Å². The molecule has 4 aliphatic heterocycles.